The van der Waals surface area contributed by atoms with Crippen LogP contribution in [0.4, 0.5) is 0 Å². The van der Waals surface area contributed by atoms with Gasteiger partial charge in [0.05, 0.1) is 7.11 Å². The monoisotopic (exact) mass is 256 g/mol. The number of carbonyl (C=O) groups is 2. The van der Waals surface area contributed by atoms with Crippen LogP contribution in [0.15, 0.2) is 42.5 Å². The fourth-order valence-electron chi connectivity index (χ4n) is 1.38. The molecule has 0 fully saturated rings. The molecular weight excluding hydrogens is 240 g/mol. The molecular formula is C16H16O3. The fraction of sp³-hybridized carbons (Fsp3) is 0.250. The van der Waals surface area contributed by atoms with Gasteiger partial charge < -0.3 is 4.74 Å². The highest BCUT2D eigenvalue weighted by Gasteiger charge is 1.98. The zero-order chi connectivity index (χ0) is 13.9. The molecule has 3 heteroatoms. The van der Waals surface area contributed by atoms with Crippen molar-refractivity contribution in [3.05, 3.63) is 48.0 Å². The Kier molecular flexibility index (Phi) is 6.75. The molecule has 0 bridgehead atoms. The Balaban J connectivity index is 2.26. The Bertz CT molecular complexity index is 504. The summed E-state index contributed by atoms with van der Waals surface area (Å²) in [7, 11) is 1.30. The number of carbonyl (C=O) groups excluding carboxylic acids is 2. The lowest BCUT2D eigenvalue weighted by molar-refractivity contribution is -0.133. The number of rotatable bonds is 5. The first-order valence-electron chi connectivity index (χ1n) is 6.07. The van der Waals surface area contributed by atoms with E-state index in [1.807, 2.05) is 24.3 Å². The molecule has 3 nitrogen and oxygen atoms in total. The number of unbranched alkanes of at least 4 members (excludes halogenated alkanes) is 2. The molecule has 0 heterocycles. The number of ketones is 1. The SMILES string of the molecule is COC(=O)C#CCCC/C=C/C(=O)c1ccccc1. The minimum atomic E-state index is -0.519. The molecule has 0 radical (unpaired) electrons. The predicted molar refractivity (Wildman–Crippen MR) is 73.6 cm³/mol. The van der Waals surface area contributed by atoms with Gasteiger partial charge in [-0.1, -0.05) is 42.3 Å². The van der Waals surface area contributed by atoms with Crippen molar-refractivity contribution < 1.29 is 14.3 Å². The quantitative estimate of drug-likeness (QED) is 0.203. The van der Waals surface area contributed by atoms with Gasteiger partial charge in [0, 0.05) is 17.9 Å². The normalized spacial score (nSPS) is 9.74. The van der Waals surface area contributed by atoms with Crippen LogP contribution in [0.3, 0.4) is 0 Å². The molecule has 0 aromatic heterocycles. The van der Waals surface area contributed by atoms with E-state index in [1.54, 1.807) is 18.2 Å². The van der Waals surface area contributed by atoms with Gasteiger partial charge in [0.2, 0.25) is 0 Å². The van der Waals surface area contributed by atoms with E-state index in [2.05, 4.69) is 16.6 Å². The second kappa shape index (κ2) is 8.71. The lowest BCUT2D eigenvalue weighted by atomic mass is 10.1. The van der Waals surface area contributed by atoms with E-state index in [-0.39, 0.29) is 5.78 Å². The number of ether oxygens (including phenoxy) is 1. The maximum atomic E-state index is 11.7. The summed E-state index contributed by atoms with van der Waals surface area (Å²) in [4.78, 5) is 22.4. The summed E-state index contributed by atoms with van der Waals surface area (Å²) < 4.78 is 4.39. The van der Waals surface area contributed by atoms with Crippen molar-refractivity contribution in [2.24, 2.45) is 0 Å². The van der Waals surface area contributed by atoms with Crippen molar-refractivity contribution in [3.8, 4) is 11.8 Å². The smallest absolute Gasteiger partial charge is 0.384 e. The van der Waals surface area contributed by atoms with Crippen LogP contribution in [0.1, 0.15) is 29.6 Å². The number of hydrogen-bond acceptors (Lipinski definition) is 3. The maximum absolute atomic E-state index is 11.7. The van der Waals surface area contributed by atoms with Crippen molar-refractivity contribution in [2.75, 3.05) is 7.11 Å². The molecule has 0 aliphatic heterocycles. The van der Waals surface area contributed by atoms with Gasteiger partial charge in [-0.15, -0.1) is 0 Å². The maximum Gasteiger partial charge on any atom is 0.384 e. The molecule has 1 rings (SSSR count). The van der Waals surface area contributed by atoms with Gasteiger partial charge in [-0.2, -0.15) is 0 Å². The third kappa shape index (κ3) is 6.23. The Morgan fingerprint density at radius 2 is 2.00 bits per heavy atom. The minimum absolute atomic E-state index is 0.00115. The highest BCUT2D eigenvalue weighted by molar-refractivity contribution is 6.04. The lowest BCUT2D eigenvalue weighted by Gasteiger charge is -1.93. The predicted octanol–water partition coefficient (Wildman–Crippen LogP) is 2.77. The third-order valence-corrected chi connectivity index (χ3v) is 2.38. The van der Waals surface area contributed by atoms with Crippen LogP contribution in [0, 0.1) is 11.8 Å². The summed E-state index contributed by atoms with van der Waals surface area (Å²) in [6.45, 7) is 0. The number of methoxy groups -OCH3 is 1. The third-order valence-electron chi connectivity index (χ3n) is 2.38. The van der Waals surface area contributed by atoms with Crippen LogP contribution < -0.4 is 0 Å². The molecule has 0 atom stereocenters. The van der Waals surface area contributed by atoms with Crippen LogP contribution >= 0.6 is 0 Å². The first kappa shape index (κ1) is 14.7. The molecule has 0 amide bonds. The molecule has 0 aliphatic carbocycles. The average molecular weight is 256 g/mol. The highest BCUT2D eigenvalue weighted by Crippen LogP contribution is 2.02. The van der Waals surface area contributed by atoms with Gasteiger partial charge in [-0.25, -0.2) is 4.79 Å². The Morgan fingerprint density at radius 1 is 1.26 bits per heavy atom. The second-order valence-electron chi connectivity index (χ2n) is 3.82. The van der Waals surface area contributed by atoms with E-state index < -0.39 is 5.97 Å². The number of hydrogen-bond donors (Lipinski definition) is 0. The van der Waals surface area contributed by atoms with Gasteiger partial charge in [0.25, 0.3) is 0 Å². The van der Waals surface area contributed by atoms with Crippen LogP contribution in [-0.2, 0) is 9.53 Å². The molecule has 98 valence electrons. The van der Waals surface area contributed by atoms with Gasteiger partial charge >= 0.3 is 5.97 Å². The Labute approximate surface area is 113 Å². The van der Waals surface area contributed by atoms with Crippen molar-refractivity contribution >= 4 is 11.8 Å². The molecule has 1 aromatic carbocycles. The van der Waals surface area contributed by atoms with Crippen LogP contribution in [-0.4, -0.2) is 18.9 Å². The van der Waals surface area contributed by atoms with Gasteiger partial charge in [-0.3, -0.25) is 4.79 Å². The van der Waals surface area contributed by atoms with Crippen LogP contribution in [0.5, 0.6) is 0 Å². The summed E-state index contributed by atoms with van der Waals surface area (Å²) in [5.74, 6) is 4.55. The van der Waals surface area contributed by atoms with Gasteiger partial charge in [0.15, 0.2) is 5.78 Å². The zero-order valence-electron chi connectivity index (χ0n) is 10.9. The van der Waals surface area contributed by atoms with E-state index in [1.165, 1.54) is 7.11 Å². The number of allylic oxidation sites excluding steroid dienone is 2. The molecule has 19 heavy (non-hydrogen) atoms. The summed E-state index contributed by atoms with van der Waals surface area (Å²) in [6, 6.07) is 9.12. The lowest BCUT2D eigenvalue weighted by Crippen LogP contribution is -1.94. The highest BCUT2D eigenvalue weighted by atomic mass is 16.5. The number of benzene rings is 1. The van der Waals surface area contributed by atoms with E-state index in [9.17, 15) is 9.59 Å². The van der Waals surface area contributed by atoms with Crippen molar-refractivity contribution in [3.63, 3.8) is 0 Å². The number of esters is 1. The average Bonchev–Trinajstić information content (AvgIpc) is 2.46. The molecule has 0 spiro atoms. The van der Waals surface area contributed by atoms with Gasteiger partial charge in [0.1, 0.15) is 0 Å². The Morgan fingerprint density at radius 3 is 2.68 bits per heavy atom. The molecule has 0 unspecified atom stereocenters. The molecule has 0 N–H and O–H groups in total. The molecule has 0 saturated heterocycles. The van der Waals surface area contributed by atoms with Gasteiger partial charge in [-0.05, 0) is 18.9 Å². The summed E-state index contributed by atoms with van der Waals surface area (Å²) in [5.41, 5.74) is 0.684. The summed E-state index contributed by atoms with van der Waals surface area (Å²) >= 11 is 0. The molecule has 1 aromatic rings. The summed E-state index contributed by atoms with van der Waals surface area (Å²) in [6.07, 6.45) is 5.58. The van der Waals surface area contributed by atoms with E-state index in [0.717, 1.165) is 12.8 Å². The fourth-order valence-corrected chi connectivity index (χ4v) is 1.38. The van der Waals surface area contributed by atoms with Crippen molar-refractivity contribution in [2.45, 2.75) is 19.3 Å². The van der Waals surface area contributed by atoms with Crippen LogP contribution in [0.2, 0.25) is 0 Å². The molecule has 0 saturated carbocycles. The molecule has 0 aliphatic rings. The zero-order valence-corrected chi connectivity index (χ0v) is 10.9. The van der Waals surface area contributed by atoms with Crippen molar-refractivity contribution in [1.29, 1.82) is 0 Å². The van der Waals surface area contributed by atoms with Crippen LogP contribution in [0.25, 0.3) is 0 Å². The second-order valence-corrected chi connectivity index (χ2v) is 3.82. The van der Waals surface area contributed by atoms with Crippen molar-refractivity contribution in [1.82, 2.24) is 0 Å². The van der Waals surface area contributed by atoms with E-state index >= 15 is 0 Å². The first-order chi connectivity index (χ1) is 9.24. The van der Waals surface area contributed by atoms with E-state index in [4.69, 9.17) is 0 Å². The minimum Gasteiger partial charge on any atom is -0.459 e. The summed E-state index contributed by atoms with van der Waals surface area (Å²) in [5, 5.41) is 0. The standard InChI is InChI=1S/C16H16O3/c1-19-16(18)13-9-4-2-3-8-12-15(17)14-10-6-5-7-11-14/h5-8,10-12H,2-4H2,1H3/b12-8+. The first-order valence-corrected chi connectivity index (χ1v) is 6.07. The van der Waals surface area contributed by atoms with E-state index in [0.29, 0.717) is 12.0 Å². The topological polar surface area (TPSA) is 43.4 Å². The Hall–Kier alpha value is -2.34. The largest absolute Gasteiger partial charge is 0.459 e.